The number of halogens is 6. The van der Waals surface area contributed by atoms with E-state index < -0.39 is 29.5 Å². The zero-order valence-electron chi connectivity index (χ0n) is 23.3. The van der Waals surface area contributed by atoms with Crippen molar-refractivity contribution < 1.29 is 40.7 Å². The molecule has 230 valence electrons. The summed E-state index contributed by atoms with van der Waals surface area (Å²) in [7, 11) is 0. The van der Waals surface area contributed by atoms with Gasteiger partial charge in [0.1, 0.15) is 6.54 Å². The van der Waals surface area contributed by atoms with Crippen molar-refractivity contribution in [1.29, 1.82) is 0 Å². The predicted molar refractivity (Wildman–Crippen MR) is 140 cm³/mol. The summed E-state index contributed by atoms with van der Waals surface area (Å²) in [4.78, 5) is 16.8. The quantitative estimate of drug-likeness (QED) is 0.188. The van der Waals surface area contributed by atoms with Crippen molar-refractivity contribution in [3.8, 4) is 0 Å². The number of tetrazole rings is 1. The Morgan fingerprint density at radius 3 is 2.31 bits per heavy atom. The number of aryl methyl sites for hydroxylation is 1. The van der Waals surface area contributed by atoms with Gasteiger partial charge < -0.3 is 20.7 Å². The highest BCUT2D eigenvalue weighted by Crippen LogP contribution is 2.40. The number of fused-ring (bicyclic) bond motifs is 1. The number of aromatic nitrogens is 5. The molecule has 0 radical (unpaired) electrons. The van der Waals surface area contributed by atoms with Gasteiger partial charge in [0.15, 0.2) is 0 Å². The second kappa shape index (κ2) is 13.8. The molecule has 0 saturated heterocycles. The van der Waals surface area contributed by atoms with Gasteiger partial charge in [-0.15, -0.1) is 0 Å². The van der Waals surface area contributed by atoms with E-state index in [2.05, 4.69) is 30.4 Å². The molecule has 1 aliphatic heterocycles. The number of ether oxygens (including phenoxy) is 1. The van der Waals surface area contributed by atoms with Crippen molar-refractivity contribution in [1.82, 2.24) is 20.4 Å². The van der Waals surface area contributed by atoms with E-state index in [0.717, 1.165) is 24.2 Å². The van der Waals surface area contributed by atoms with Gasteiger partial charge in [-0.25, -0.2) is 0 Å². The zero-order valence-corrected chi connectivity index (χ0v) is 23.3. The molecule has 16 heteroatoms. The number of nitrogens with two attached hydrogens (primary N) is 1. The van der Waals surface area contributed by atoms with Crippen molar-refractivity contribution in [2.75, 3.05) is 23.4 Å². The van der Waals surface area contributed by atoms with Crippen LogP contribution >= 0.6 is 0 Å². The third kappa shape index (κ3) is 8.30. The van der Waals surface area contributed by atoms with E-state index in [1.165, 1.54) is 4.80 Å². The molecule has 1 aliphatic rings. The SMILES string of the molecule is CCOC=O.CC[C@@H]1C[C@H](N(Cc2cc(C(F)(F)F)cc(C(F)(F)F)c2)c2n[nH][n+](CCN)n2)c2nc(C)ccc2N1. The van der Waals surface area contributed by atoms with E-state index in [4.69, 9.17) is 5.73 Å². The first-order valence-electron chi connectivity index (χ1n) is 13.2. The third-order valence-corrected chi connectivity index (χ3v) is 6.42. The van der Waals surface area contributed by atoms with E-state index in [1.54, 1.807) is 18.7 Å². The summed E-state index contributed by atoms with van der Waals surface area (Å²) in [5.74, 6) is 0.107. The fraction of sp³-hybridized carbons (Fsp3) is 0.500. The predicted octanol–water partition coefficient (Wildman–Crippen LogP) is 4.31. The van der Waals surface area contributed by atoms with Crippen molar-refractivity contribution in [3.05, 3.63) is 58.4 Å². The van der Waals surface area contributed by atoms with Gasteiger partial charge in [-0.3, -0.25) is 9.78 Å². The summed E-state index contributed by atoms with van der Waals surface area (Å²) in [5.41, 5.74) is 4.72. The van der Waals surface area contributed by atoms with Crippen LogP contribution in [0.3, 0.4) is 0 Å². The number of benzene rings is 1. The minimum absolute atomic E-state index is 0.00754. The molecule has 3 aromatic rings. The number of nitrogens with zero attached hydrogens (tertiary/aromatic N) is 5. The van der Waals surface area contributed by atoms with Crippen LogP contribution in [0.15, 0.2) is 30.3 Å². The second-order valence-electron chi connectivity index (χ2n) is 9.50. The molecule has 1 aromatic carbocycles. The first-order chi connectivity index (χ1) is 19.8. The van der Waals surface area contributed by atoms with Gasteiger partial charge in [-0.2, -0.15) is 26.3 Å². The number of anilines is 2. The van der Waals surface area contributed by atoms with Crippen LogP contribution in [0.1, 0.15) is 60.8 Å². The Labute approximate surface area is 238 Å². The molecule has 4 rings (SSSR count). The number of hydrogen-bond donors (Lipinski definition) is 3. The topological polar surface area (TPSA) is 126 Å². The van der Waals surface area contributed by atoms with Crippen molar-refractivity contribution in [2.24, 2.45) is 5.73 Å². The maximum Gasteiger partial charge on any atom is 0.416 e. The van der Waals surface area contributed by atoms with E-state index in [0.29, 0.717) is 37.4 Å². The summed E-state index contributed by atoms with van der Waals surface area (Å²) in [6, 6.07) is 4.74. The molecule has 0 unspecified atom stereocenters. The second-order valence-corrected chi connectivity index (χ2v) is 9.50. The summed E-state index contributed by atoms with van der Waals surface area (Å²) >= 11 is 0. The maximum absolute atomic E-state index is 13.5. The lowest BCUT2D eigenvalue weighted by Crippen LogP contribution is -2.43. The van der Waals surface area contributed by atoms with E-state index >= 15 is 0 Å². The molecule has 0 amide bonds. The Hall–Kier alpha value is -3.95. The van der Waals surface area contributed by atoms with E-state index in [1.807, 2.05) is 19.1 Å². The molecular weight excluding hydrogens is 570 g/mol. The molecule has 0 aliphatic carbocycles. The minimum Gasteiger partial charge on any atom is -0.468 e. The minimum atomic E-state index is -4.96. The van der Waals surface area contributed by atoms with Crippen LogP contribution in [0, 0.1) is 6.92 Å². The lowest BCUT2D eigenvalue weighted by Gasteiger charge is -2.37. The molecule has 2 aromatic heterocycles. The Bertz CT molecular complexity index is 1300. The van der Waals surface area contributed by atoms with Crippen LogP contribution in [-0.2, 0) is 35.0 Å². The number of hydrogen-bond acceptors (Lipinski definition) is 8. The molecular formula is C26H33F6N8O2+. The number of alkyl halides is 6. The van der Waals surface area contributed by atoms with Gasteiger partial charge in [0.2, 0.25) is 0 Å². The van der Waals surface area contributed by atoms with Crippen LogP contribution in [0.4, 0.5) is 38.0 Å². The normalized spacial score (nSPS) is 16.5. The first kappa shape index (κ1) is 32.6. The number of pyridine rings is 1. The number of rotatable bonds is 9. The Balaban J connectivity index is 0.000000892. The molecule has 0 spiro atoms. The molecule has 10 nitrogen and oxygen atoms in total. The van der Waals surface area contributed by atoms with E-state index in [9.17, 15) is 31.1 Å². The summed E-state index contributed by atoms with van der Waals surface area (Å²) in [5, 5.41) is 14.6. The Morgan fingerprint density at radius 2 is 1.79 bits per heavy atom. The lowest BCUT2D eigenvalue weighted by atomic mass is 9.93. The summed E-state index contributed by atoms with van der Waals surface area (Å²) in [6.07, 6.45) is -8.69. The molecule has 0 fully saturated rings. The largest absolute Gasteiger partial charge is 0.468 e. The highest BCUT2D eigenvalue weighted by molar-refractivity contribution is 5.55. The molecule has 4 N–H and O–H groups in total. The van der Waals surface area contributed by atoms with Crippen LogP contribution in [0.25, 0.3) is 0 Å². The lowest BCUT2D eigenvalue weighted by molar-refractivity contribution is -0.802. The Kier molecular flexibility index (Phi) is 10.7. The van der Waals surface area contributed by atoms with Crippen LogP contribution in [0.5, 0.6) is 0 Å². The van der Waals surface area contributed by atoms with Gasteiger partial charge in [0.25, 0.3) is 6.47 Å². The van der Waals surface area contributed by atoms with Gasteiger partial charge in [0.05, 0.1) is 40.3 Å². The zero-order chi connectivity index (χ0) is 31.1. The van der Waals surface area contributed by atoms with Crippen LogP contribution in [-0.4, -0.2) is 46.1 Å². The van der Waals surface area contributed by atoms with Crippen molar-refractivity contribution in [2.45, 2.75) is 71.1 Å². The van der Waals surface area contributed by atoms with Gasteiger partial charge in [-0.05, 0) is 67.8 Å². The van der Waals surface area contributed by atoms with Crippen molar-refractivity contribution >= 4 is 18.1 Å². The number of carbonyl (C=O) groups is 1. The monoisotopic (exact) mass is 603 g/mol. The number of carbonyl (C=O) groups excluding carboxylic acids is 1. The standard InChI is InChI=1S/C23H26F6N8.C3H6O2/c1-3-17-11-19(20-18(32-17)5-4-13(2)31-20)36(21-33-35-37(34-21)7-6-30)12-14-8-15(22(24,25)26)10-16(9-14)23(27,28)29;1-2-5-3-4/h4-5,8-10,17,19,32H,3,6-7,11-12,30H2,1-2H3;3H,2H2,1H3/p+1/t17-,19+;/m1./s1. The van der Waals surface area contributed by atoms with Gasteiger partial charge in [-0.1, -0.05) is 11.7 Å². The Morgan fingerprint density at radius 1 is 1.12 bits per heavy atom. The first-order valence-corrected chi connectivity index (χ1v) is 13.2. The number of nitrogens with one attached hydrogen (secondary N) is 2. The average Bonchev–Trinajstić information content (AvgIpc) is 3.39. The summed E-state index contributed by atoms with van der Waals surface area (Å²) < 4.78 is 85.4. The molecule has 2 atom stereocenters. The van der Waals surface area contributed by atoms with Crippen molar-refractivity contribution in [3.63, 3.8) is 0 Å². The van der Waals surface area contributed by atoms with Gasteiger partial charge >= 0.3 is 18.3 Å². The highest BCUT2D eigenvalue weighted by Gasteiger charge is 2.39. The smallest absolute Gasteiger partial charge is 0.416 e. The third-order valence-electron chi connectivity index (χ3n) is 6.42. The maximum atomic E-state index is 13.5. The van der Waals surface area contributed by atoms with Crippen LogP contribution in [0.2, 0.25) is 0 Å². The molecule has 0 bridgehead atoms. The fourth-order valence-corrected chi connectivity index (χ4v) is 4.45. The van der Waals surface area contributed by atoms with Crippen LogP contribution < -0.4 is 20.7 Å². The highest BCUT2D eigenvalue weighted by atomic mass is 19.4. The van der Waals surface area contributed by atoms with Gasteiger partial charge in [0, 0.05) is 29.9 Å². The number of H-pyrrole nitrogens is 1. The molecule has 0 saturated carbocycles. The fourth-order valence-electron chi connectivity index (χ4n) is 4.45. The molecule has 3 heterocycles. The number of aromatic amines is 1. The summed E-state index contributed by atoms with van der Waals surface area (Å²) in [6.45, 7) is 6.67. The van der Waals surface area contributed by atoms with E-state index in [-0.39, 0.29) is 36.7 Å². The molecule has 42 heavy (non-hydrogen) atoms. The average molecular weight is 604 g/mol.